The Bertz CT molecular complexity index is 502. The molecule has 20 heavy (non-hydrogen) atoms. The highest BCUT2D eigenvalue weighted by atomic mass is 127. The molecule has 0 atom stereocenters. The summed E-state index contributed by atoms with van der Waals surface area (Å²) in [5.74, 6) is -0.0767. The first-order chi connectivity index (χ1) is 9.37. The van der Waals surface area contributed by atoms with Crippen LogP contribution in [0.15, 0.2) is 18.2 Å². The summed E-state index contributed by atoms with van der Waals surface area (Å²) in [4.78, 5) is 13.6. The first kappa shape index (κ1) is 15.6. The fraction of sp³-hybridized carbons (Fsp3) is 0.500. The number of anilines is 1. The van der Waals surface area contributed by atoms with Crippen LogP contribution in [0.4, 0.5) is 18.9 Å². The summed E-state index contributed by atoms with van der Waals surface area (Å²) in [6.07, 6.45) is -3.12. The van der Waals surface area contributed by atoms with Crippen molar-refractivity contribution in [2.24, 2.45) is 0 Å². The molecule has 0 unspecified atom stereocenters. The number of amides is 1. The van der Waals surface area contributed by atoms with Crippen LogP contribution in [0, 0.1) is 3.57 Å². The van der Waals surface area contributed by atoms with Crippen molar-refractivity contribution in [3.05, 3.63) is 27.3 Å². The second-order valence-electron chi connectivity index (χ2n) is 4.89. The number of fused-ring (bicyclic) bond motifs is 1. The van der Waals surface area contributed by atoms with Gasteiger partial charge < -0.3 is 4.90 Å². The monoisotopic (exact) mass is 397 g/mol. The molecule has 1 aromatic carbocycles. The minimum atomic E-state index is -4.16. The molecular formula is C14H15F3INO. The molecule has 0 aliphatic carbocycles. The second-order valence-corrected chi connectivity index (χ2v) is 6.14. The van der Waals surface area contributed by atoms with Crippen LogP contribution in [0.5, 0.6) is 0 Å². The number of rotatable bonds is 3. The zero-order valence-electron chi connectivity index (χ0n) is 10.8. The van der Waals surface area contributed by atoms with E-state index in [2.05, 4.69) is 22.6 Å². The van der Waals surface area contributed by atoms with Gasteiger partial charge in [-0.1, -0.05) is 0 Å². The van der Waals surface area contributed by atoms with Crippen LogP contribution in [0.2, 0.25) is 0 Å². The summed E-state index contributed by atoms with van der Waals surface area (Å²) < 4.78 is 37.8. The average molecular weight is 397 g/mol. The number of halogens is 4. The topological polar surface area (TPSA) is 20.3 Å². The van der Waals surface area contributed by atoms with Gasteiger partial charge in [-0.15, -0.1) is 0 Å². The smallest absolute Gasteiger partial charge is 0.312 e. The summed E-state index contributed by atoms with van der Waals surface area (Å²) in [6.45, 7) is 0.131. The number of carbonyl (C=O) groups is 1. The molecule has 1 aliphatic rings. The fourth-order valence-corrected chi connectivity index (χ4v) is 2.96. The van der Waals surface area contributed by atoms with E-state index in [0.29, 0.717) is 6.42 Å². The minimum Gasteiger partial charge on any atom is -0.312 e. The molecule has 2 nitrogen and oxygen atoms in total. The van der Waals surface area contributed by atoms with E-state index in [0.717, 1.165) is 27.7 Å². The minimum absolute atomic E-state index is 0.0549. The molecular weight excluding hydrogens is 382 g/mol. The van der Waals surface area contributed by atoms with E-state index >= 15 is 0 Å². The summed E-state index contributed by atoms with van der Waals surface area (Å²) >= 11 is 2.20. The number of hydrogen-bond acceptors (Lipinski definition) is 1. The predicted octanol–water partition coefficient (Wildman–Crippen LogP) is 4.30. The van der Waals surface area contributed by atoms with Crippen LogP contribution in [-0.4, -0.2) is 18.6 Å². The Kier molecular flexibility index (Phi) is 4.93. The van der Waals surface area contributed by atoms with E-state index in [9.17, 15) is 18.0 Å². The Hall–Kier alpha value is -0.790. The predicted molar refractivity (Wildman–Crippen MR) is 79.7 cm³/mol. The van der Waals surface area contributed by atoms with Gasteiger partial charge in [-0.05, 0) is 65.6 Å². The first-order valence-electron chi connectivity index (χ1n) is 6.52. The van der Waals surface area contributed by atoms with Gasteiger partial charge >= 0.3 is 6.18 Å². The lowest BCUT2D eigenvalue weighted by molar-refractivity contribution is -0.135. The first-order valence-corrected chi connectivity index (χ1v) is 7.60. The van der Waals surface area contributed by atoms with E-state index in [-0.39, 0.29) is 18.9 Å². The molecule has 1 aromatic rings. The highest BCUT2D eigenvalue weighted by Gasteiger charge is 2.28. The molecule has 0 saturated carbocycles. The summed E-state index contributed by atoms with van der Waals surface area (Å²) in [5, 5.41) is 0. The SMILES string of the molecule is O=C1CCCc2cc(I)ccc2N1CCCC(F)(F)F. The Labute approximate surface area is 129 Å². The quantitative estimate of drug-likeness (QED) is 0.697. The van der Waals surface area contributed by atoms with E-state index in [1.807, 2.05) is 18.2 Å². The van der Waals surface area contributed by atoms with Crippen molar-refractivity contribution in [3.8, 4) is 0 Å². The standard InChI is InChI=1S/C14H15F3INO/c15-14(16,17)7-2-8-19-12-6-5-11(18)9-10(12)3-1-4-13(19)20/h5-6,9H,1-4,7-8H2. The van der Waals surface area contributed by atoms with E-state index in [1.165, 1.54) is 4.90 Å². The van der Waals surface area contributed by atoms with Gasteiger partial charge in [0, 0.05) is 28.6 Å². The number of alkyl halides is 3. The number of benzene rings is 1. The van der Waals surface area contributed by atoms with Crippen LogP contribution < -0.4 is 4.90 Å². The van der Waals surface area contributed by atoms with Gasteiger partial charge in [0.25, 0.3) is 0 Å². The van der Waals surface area contributed by atoms with Crippen molar-refractivity contribution < 1.29 is 18.0 Å². The number of hydrogen-bond donors (Lipinski definition) is 0. The summed E-state index contributed by atoms with van der Waals surface area (Å²) in [6, 6.07) is 5.73. The van der Waals surface area contributed by atoms with E-state index < -0.39 is 12.6 Å². The molecule has 1 heterocycles. The lowest BCUT2D eigenvalue weighted by atomic mass is 10.1. The number of aryl methyl sites for hydroxylation is 1. The average Bonchev–Trinajstić information content (AvgIpc) is 2.48. The third kappa shape index (κ3) is 4.10. The van der Waals surface area contributed by atoms with Gasteiger partial charge in [-0.3, -0.25) is 4.79 Å². The van der Waals surface area contributed by atoms with Crippen molar-refractivity contribution in [1.29, 1.82) is 0 Å². The lowest BCUT2D eigenvalue weighted by Gasteiger charge is -2.23. The molecule has 1 aliphatic heterocycles. The van der Waals surface area contributed by atoms with Crippen LogP contribution >= 0.6 is 22.6 Å². The second kappa shape index (κ2) is 6.32. The van der Waals surface area contributed by atoms with Gasteiger partial charge in [-0.2, -0.15) is 13.2 Å². The van der Waals surface area contributed by atoms with Crippen molar-refractivity contribution in [2.75, 3.05) is 11.4 Å². The normalized spacial score (nSPS) is 16.0. The van der Waals surface area contributed by atoms with Gasteiger partial charge in [-0.25, -0.2) is 0 Å². The fourth-order valence-electron chi connectivity index (χ4n) is 2.40. The third-order valence-corrected chi connectivity index (χ3v) is 3.98. The van der Waals surface area contributed by atoms with Gasteiger partial charge in [0.1, 0.15) is 0 Å². The zero-order chi connectivity index (χ0) is 14.8. The van der Waals surface area contributed by atoms with Crippen LogP contribution in [0.1, 0.15) is 31.2 Å². The molecule has 1 amide bonds. The third-order valence-electron chi connectivity index (χ3n) is 3.31. The zero-order valence-corrected chi connectivity index (χ0v) is 13.0. The Morgan fingerprint density at radius 3 is 2.70 bits per heavy atom. The van der Waals surface area contributed by atoms with Gasteiger partial charge in [0.2, 0.25) is 5.91 Å². The highest BCUT2D eigenvalue weighted by molar-refractivity contribution is 14.1. The molecule has 2 rings (SSSR count). The Morgan fingerprint density at radius 2 is 2.00 bits per heavy atom. The van der Waals surface area contributed by atoms with Crippen LogP contribution in [0.3, 0.4) is 0 Å². The molecule has 0 bridgehead atoms. The highest BCUT2D eigenvalue weighted by Crippen LogP contribution is 2.30. The van der Waals surface area contributed by atoms with Crippen molar-refractivity contribution in [1.82, 2.24) is 0 Å². The van der Waals surface area contributed by atoms with E-state index in [1.54, 1.807) is 0 Å². The van der Waals surface area contributed by atoms with E-state index in [4.69, 9.17) is 0 Å². The lowest BCUT2D eigenvalue weighted by Crippen LogP contribution is -2.31. The maximum atomic E-state index is 12.2. The Morgan fingerprint density at radius 1 is 1.25 bits per heavy atom. The molecule has 6 heteroatoms. The largest absolute Gasteiger partial charge is 0.389 e. The van der Waals surface area contributed by atoms with Crippen molar-refractivity contribution >= 4 is 34.2 Å². The molecule has 110 valence electrons. The number of carbonyl (C=O) groups excluding carboxylic acids is 1. The Balaban J connectivity index is 2.16. The molecule has 0 radical (unpaired) electrons. The maximum absolute atomic E-state index is 12.2. The number of nitrogens with zero attached hydrogens (tertiary/aromatic N) is 1. The van der Waals surface area contributed by atoms with Gasteiger partial charge in [0.15, 0.2) is 0 Å². The molecule has 0 fully saturated rings. The van der Waals surface area contributed by atoms with Crippen LogP contribution in [-0.2, 0) is 11.2 Å². The molecule has 0 aromatic heterocycles. The maximum Gasteiger partial charge on any atom is 0.389 e. The van der Waals surface area contributed by atoms with Crippen molar-refractivity contribution in [2.45, 2.75) is 38.3 Å². The molecule has 0 spiro atoms. The molecule has 0 N–H and O–H groups in total. The van der Waals surface area contributed by atoms with Gasteiger partial charge in [0.05, 0.1) is 0 Å². The summed E-state index contributed by atoms with van der Waals surface area (Å²) in [5.41, 5.74) is 1.82. The van der Waals surface area contributed by atoms with Crippen molar-refractivity contribution in [3.63, 3.8) is 0 Å². The molecule has 0 saturated heterocycles. The van der Waals surface area contributed by atoms with Crippen LogP contribution in [0.25, 0.3) is 0 Å². The summed E-state index contributed by atoms with van der Waals surface area (Å²) in [7, 11) is 0.